The Morgan fingerprint density at radius 1 is 1.14 bits per heavy atom. The number of carbonyl (C=O) groups is 2. The zero-order chi connectivity index (χ0) is 30.8. The van der Waals surface area contributed by atoms with Crippen LogP contribution in [0.5, 0.6) is 5.75 Å². The van der Waals surface area contributed by atoms with Gasteiger partial charge >= 0.3 is 12.1 Å². The fraction of sp³-hybridized carbons (Fsp3) is 0.464. The molecule has 10 nitrogen and oxygen atoms in total. The summed E-state index contributed by atoms with van der Waals surface area (Å²) < 4.78 is 64.8. The maximum atomic E-state index is 12.5. The summed E-state index contributed by atoms with van der Waals surface area (Å²) in [6, 6.07) is 12.6. The lowest BCUT2D eigenvalue weighted by molar-refractivity contribution is -0.192. The van der Waals surface area contributed by atoms with E-state index in [0.717, 1.165) is 69.0 Å². The van der Waals surface area contributed by atoms with Gasteiger partial charge in [-0.1, -0.05) is 23.8 Å². The molecule has 230 valence electrons. The molecule has 0 spiro atoms. The number of hydrogen-bond acceptors (Lipinski definition) is 8. The minimum absolute atomic E-state index is 0.105. The molecule has 0 saturated carbocycles. The third-order valence-electron chi connectivity index (χ3n) is 6.58. The highest BCUT2D eigenvalue weighted by Gasteiger charge is 2.38. The third-order valence-corrected chi connectivity index (χ3v) is 7.97. The summed E-state index contributed by atoms with van der Waals surface area (Å²) in [7, 11) is -3.84. The van der Waals surface area contributed by atoms with Gasteiger partial charge in [0.1, 0.15) is 5.75 Å². The number of nitrogens with zero attached hydrogens (tertiary/aromatic N) is 1. The maximum absolute atomic E-state index is 12.5. The number of aryl methyl sites for hydroxylation is 2. The third kappa shape index (κ3) is 10.5. The van der Waals surface area contributed by atoms with Crippen LogP contribution in [0.15, 0.2) is 52.4 Å². The van der Waals surface area contributed by atoms with Crippen LogP contribution in [-0.2, 0) is 32.5 Å². The highest BCUT2D eigenvalue weighted by molar-refractivity contribution is 7.90. The SMILES string of the molecule is Cc1ccc(S(=O)(=O)NC(=O)CC2CCc3cc(OCCCNC4=NCCCN4)ccc3C2)cc1.O=C(O)C(F)(F)F. The van der Waals surface area contributed by atoms with Gasteiger partial charge in [-0.15, -0.1) is 0 Å². The number of alkyl halides is 3. The van der Waals surface area contributed by atoms with Gasteiger partial charge in [-0.2, -0.15) is 13.2 Å². The molecule has 0 aromatic heterocycles. The molecule has 1 aliphatic carbocycles. The highest BCUT2D eigenvalue weighted by Crippen LogP contribution is 2.30. The predicted octanol–water partition coefficient (Wildman–Crippen LogP) is 3.34. The van der Waals surface area contributed by atoms with E-state index in [9.17, 15) is 26.4 Å². The largest absolute Gasteiger partial charge is 0.494 e. The molecule has 1 aliphatic heterocycles. The van der Waals surface area contributed by atoms with Gasteiger partial charge in [0.15, 0.2) is 5.96 Å². The Labute approximate surface area is 242 Å². The molecule has 0 radical (unpaired) electrons. The minimum atomic E-state index is -5.08. The molecule has 14 heteroatoms. The van der Waals surface area contributed by atoms with E-state index < -0.39 is 28.1 Å². The molecule has 4 rings (SSSR count). The molecule has 0 fully saturated rings. The number of carboxylic acid groups (broad SMARTS) is 1. The zero-order valence-electron chi connectivity index (χ0n) is 23.2. The lowest BCUT2D eigenvalue weighted by atomic mass is 9.82. The summed E-state index contributed by atoms with van der Waals surface area (Å²) in [5.74, 6) is -1.36. The number of amides is 1. The van der Waals surface area contributed by atoms with Gasteiger partial charge in [0.25, 0.3) is 10.0 Å². The van der Waals surface area contributed by atoms with E-state index in [4.69, 9.17) is 14.6 Å². The smallest absolute Gasteiger partial charge is 0.490 e. The number of aliphatic carboxylic acids is 1. The molecular weight excluding hydrogens is 577 g/mol. The van der Waals surface area contributed by atoms with E-state index in [1.165, 1.54) is 23.3 Å². The normalized spacial score (nSPS) is 16.5. The van der Waals surface area contributed by atoms with Gasteiger partial charge < -0.3 is 20.5 Å². The van der Waals surface area contributed by atoms with Crippen LogP contribution in [0.4, 0.5) is 13.2 Å². The van der Waals surface area contributed by atoms with Gasteiger partial charge in [-0.3, -0.25) is 9.79 Å². The van der Waals surface area contributed by atoms with Crippen LogP contribution in [0.1, 0.15) is 42.4 Å². The maximum Gasteiger partial charge on any atom is 0.490 e. The second-order valence-electron chi connectivity index (χ2n) is 10.0. The van der Waals surface area contributed by atoms with E-state index in [1.54, 1.807) is 12.1 Å². The van der Waals surface area contributed by atoms with Gasteiger partial charge in [0.2, 0.25) is 5.91 Å². The number of benzene rings is 2. The lowest BCUT2D eigenvalue weighted by Gasteiger charge is -2.24. The molecule has 2 aliphatic rings. The molecule has 2 aromatic carbocycles. The molecule has 1 atom stereocenters. The number of halogens is 3. The summed E-state index contributed by atoms with van der Waals surface area (Å²) in [6.07, 6.45) is -0.491. The minimum Gasteiger partial charge on any atom is -0.494 e. The fourth-order valence-electron chi connectivity index (χ4n) is 4.42. The second kappa shape index (κ2) is 14.9. The summed E-state index contributed by atoms with van der Waals surface area (Å²) in [5, 5.41) is 13.7. The number of hydrogen-bond donors (Lipinski definition) is 4. The molecule has 42 heavy (non-hydrogen) atoms. The fourth-order valence-corrected chi connectivity index (χ4v) is 5.42. The second-order valence-corrected chi connectivity index (χ2v) is 11.7. The predicted molar refractivity (Wildman–Crippen MR) is 150 cm³/mol. The first-order valence-electron chi connectivity index (χ1n) is 13.5. The van der Waals surface area contributed by atoms with E-state index in [0.29, 0.717) is 6.61 Å². The summed E-state index contributed by atoms with van der Waals surface area (Å²) >= 11 is 0. The van der Waals surface area contributed by atoms with Gasteiger partial charge in [0, 0.05) is 26.1 Å². The van der Waals surface area contributed by atoms with Crippen LogP contribution in [0.3, 0.4) is 0 Å². The van der Waals surface area contributed by atoms with Gasteiger partial charge in [-0.25, -0.2) is 17.9 Å². The van der Waals surface area contributed by atoms with Gasteiger partial charge in [0.05, 0.1) is 11.5 Å². The van der Waals surface area contributed by atoms with Crippen molar-refractivity contribution >= 4 is 27.9 Å². The Morgan fingerprint density at radius 3 is 2.50 bits per heavy atom. The zero-order valence-corrected chi connectivity index (χ0v) is 24.0. The van der Waals surface area contributed by atoms with E-state index in [-0.39, 0.29) is 17.2 Å². The highest BCUT2D eigenvalue weighted by atomic mass is 32.2. The molecular formula is C28H35F3N4O6S. The van der Waals surface area contributed by atoms with Crippen molar-refractivity contribution in [3.05, 3.63) is 59.2 Å². The molecule has 0 bridgehead atoms. The number of fused-ring (bicyclic) bond motifs is 1. The van der Waals surface area contributed by atoms with Crippen LogP contribution in [-0.4, -0.2) is 63.8 Å². The van der Waals surface area contributed by atoms with Crippen LogP contribution in [0.25, 0.3) is 0 Å². The van der Waals surface area contributed by atoms with Crippen LogP contribution >= 0.6 is 0 Å². The van der Waals surface area contributed by atoms with Crippen molar-refractivity contribution in [1.82, 2.24) is 15.4 Å². The molecule has 0 saturated heterocycles. The number of carbonyl (C=O) groups excluding carboxylic acids is 1. The Morgan fingerprint density at radius 2 is 1.86 bits per heavy atom. The number of aliphatic imine (C=N–C) groups is 1. The summed E-state index contributed by atoms with van der Waals surface area (Å²) in [4.78, 5) is 25.9. The lowest BCUT2D eigenvalue weighted by Crippen LogP contribution is -2.41. The number of carboxylic acids is 1. The van der Waals surface area contributed by atoms with Crippen molar-refractivity contribution in [2.24, 2.45) is 10.9 Å². The number of sulfonamides is 1. The summed E-state index contributed by atoms with van der Waals surface area (Å²) in [5.41, 5.74) is 3.40. The van der Waals surface area contributed by atoms with Crippen LogP contribution in [0, 0.1) is 12.8 Å². The van der Waals surface area contributed by atoms with Crippen LogP contribution < -0.4 is 20.1 Å². The Balaban J connectivity index is 0.000000616. The van der Waals surface area contributed by atoms with Crippen molar-refractivity contribution in [3.8, 4) is 5.75 Å². The van der Waals surface area contributed by atoms with Crippen LogP contribution in [0.2, 0.25) is 0 Å². The average Bonchev–Trinajstić information content (AvgIpc) is 2.93. The van der Waals surface area contributed by atoms with Crippen molar-refractivity contribution in [1.29, 1.82) is 0 Å². The van der Waals surface area contributed by atoms with E-state index >= 15 is 0 Å². The first kappa shape index (κ1) is 32.7. The van der Waals surface area contributed by atoms with Crippen molar-refractivity contribution < 1.29 is 41.0 Å². The molecule has 2 aromatic rings. The Bertz CT molecular complexity index is 1360. The topological polar surface area (TPSA) is 146 Å². The first-order valence-corrected chi connectivity index (χ1v) is 15.0. The van der Waals surface area contributed by atoms with E-state index in [2.05, 4.69) is 32.5 Å². The standard InChI is InChI=1S/C26H34N4O4S.C2HF3O2/c1-19-4-10-24(11-5-19)35(32,33)30-25(31)17-20-6-7-22-18-23(9-8-21(22)16-20)34-15-3-14-29-26-27-12-2-13-28-26;3-2(4,5)1(6)7/h4-5,8-11,18,20H,2-3,6-7,12-17H2,1H3,(H,30,31)(H2,27,28,29);(H,6,7). The van der Waals surface area contributed by atoms with Crippen molar-refractivity contribution in [2.45, 2.75) is 56.5 Å². The number of nitrogens with one attached hydrogen (secondary N) is 3. The molecule has 1 amide bonds. The number of guanidine groups is 1. The molecule has 1 heterocycles. The van der Waals surface area contributed by atoms with E-state index in [1.807, 2.05) is 13.0 Å². The quantitative estimate of drug-likeness (QED) is 0.316. The number of ether oxygens (including phenoxy) is 1. The molecule has 4 N–H and O–H groups in total. The van der Waals surface area contributed by atoms with Crippen molar-refractivity contribution in [2.75, 3.05) is 26.2 Å². The monoisotopic (exact) mass is 612 g/mol. The first-order chi connectivity index (χ1) is 19.8. The Hall–Kier alpha value is -3.81. The Kier molecular flexibility index (Phi) is 11.6. The molecule has 1 unspecified atom stereocenters. The average molecular weight is 613 g/mol. The van der Waals surface area contributed by atoms with Gasteiger partial charge in [-0.05, 0) is 80.3 Å². The van der Waals surface area contributed by atoms with Crippen molar-refractivity contribution in [3.63, 3.8) is 0 Å². The summed E-state index contributed by atoms with van der Waals surface area (Å²) in [6.45, 7) is 5.15. The number of rotatable bonds is 9.